The number of imidazole rings is 4. The molecule has 12 rings (SSSR count). The third kappa shape index (κ3) is 40.3. The van der Waals surface area contributed by atoms with Crippen molar-refractivity contribution in [3.8, 4) is 60.7 Å². The predicted octanol–water partition coefficient (Wildman–Crippen LogP) is -1.79. The number of rotatable bonds is 14. The summed E-state index contributed by atoms with van der Waals surface area (Å²) in [5.41, 5.74) is 4.73. The number of benzene rings is 4. The first kappa shape index (κ1) is 124. The molecule has 4 fully saturated rings. The Kier molecular flexibility index (Phi) is 62.3. The van der Waals surface area contributed by atoms with Crippen molar-refractivity contribution >= 4 is 75.7 Å². The third-order valence-corrected chi connectivity index (χ3v) is 22.5. The van der Waals surface area contributed by atoms with Crippen LogP contribution < -0.4 is 60.6 Å². The number of aromatic nitrogens is 8. The maximum atomic E-state index is 14.3. The number of halogens is 4. The second-order valence-electron chi connectivity index (χ2n) is 25.9. The summed E-state index contributed by atoms with van der Waals surface area (Å²) in [7, 11) is -12.8. The topological polar surface area (TPSA) is 718 Å². The van der Waals surface area contributed by atoms with Crippen molar-refractivity contribution < 1.29 is 163 Å². The van der Waals surface area contributed by atoms with Crippen molar-refractivity contribution in [2.75, 3.05) is 11.5 Å². The number of hydrogen-bond donors (Lipinski definition) is 0. The fourth-order valence-corrected chi connectivity index (χ4v) is 17.7. The van der Waals surface area contributed by atoms with Gasteiger partial charge in [-0.25, -0.2) is 74.0 Å². The molecule has 0 N–H and O–H groups in total. The molecule has 0 spiro atoms. The zero-order chi connectivity index (χ0) is 94.7. The molecular formula is C76H96Cl4N20Ni2O19S2. The first-order chi connectivity index (χ1) is 56.4. The van der Waals surface area contributed by atoms with Gasteiger partial charge in [0.2, 0.25) is 20.0 Å². The summed E-state index contributed by atoms with van der Waals surface area (Å²) in [6.07, 6.45) is 4.05. The van der Waals surface area contributed by atoms with Crippen molar-refractivity contribution in [3.63, 3.8) is 0 Å². The second-order valence-corrected chi connectivity index (χ2v) is 31.9. The van der Waals surface area contributed by atoms with Gasteiger partial charge in [-0.15, -0.1) is 20.5 Å². The van der Waals surface area contributed by atoms with E-state index in [9.17, 15) is 26.4 Å². The number of fused-ring (bicyclic) bond motifs is 8. The number of Topliss-reactive ketones (excluding diaryl/α,β-unsaturated/α-hetero) is 2. The molecule has 4 bridgehead atoms. The van der Waals surface area contributed by atoms with Crippen LogP contribution in [-0.2, 0) is 117 Å². The van der Waals surface area contributed by atoms with Crippen LogP contribution in [0.25, 0.3) is 44.1 Å². The summed E-state index contributed by atoms with van der Waals surface area (Å²) in [5.74, 6) is 2.98. The average Bonchev–Trinajstić information content (AvgIpc) is 1.55. The van der Waals surface area contributed by atoms with Crippen molar-refractivity contribution in [2.45, 2.75) is 162 Å². The molecule has 39 nitrogen and oxygen atoms in total. The minimum atomic E-state index is -4.94. The molecule has 47 heteroatoms. The summed E-state index contributed by atoms with van der Waals surface area (Å²) in [4.78, 5) is 45.5. The largest absolute Gasteiger partial charge is 2.00 e. The monoisotopic (exact) mass is 1910 g/mol. The minimum Gasteiger partial charge on any atom is -0.544 e. The van der Waals surface area contributed by atoms with E-state index in [1.165, 1.54) is 77.8 Å². The van der Waals surface area contributed by atoms with E-state index >= 15 is 0 Å². The van der Waals surface area contributed by atoms with Crippen molar-refractivity contribution in [1.29, 1.82) is 52.6 Å². The number of hydrogen-bond acceptors (Lipinski definition) is 33. The molecule has 4 aliphatic carbocycles. The molecule has 0 aliphatic heterocycles. The molecule has 4 heterocycles. The molecule has 0 amide bonds. The smallest absolute Gasteiger partial charge is 0.544 e. The molecule has 8 aromatic rings. The Hall–Kier alpha value is -9.55. The maximum Gasteiger partial charge on any atom is 2.00 e. The zero-order valence-electron chi connectivity index (χ0n) is 70.5. The van der Waals surface area contributed by atoms with Gasteiger partial charge in [-0.1, -0.05) is 76.2 Å². The van der Waals surface area contributed by atoms with Crippen molar-refractivity contribution in [1.82, 2.24) is 46.8 Å². The summed E-state index contributed by atoms with van der Waals surface area (Å²) in [6, 6.07) is 48.6. The van der Waals surface area contributed by atoms with Crippen LogP contribution >= 0.6 is 0 Å². The van der Waals surface area contributed by atoms with Crippen LogP contribution in [0.2, 0.25) is 0 Å². The van der Waals surface area contributed by atoms with E-state index in [1.54, 1.807) is 60.7 Å². The van der Waals surface area contributed by atoms with Gasteiger partial charge in [-0.05, 0) is 96.9 Å². The molecule has 4 atom stereocenters. The number of carbonyl (C=O) groups excluding carboxylic acids is 2. The minimum absolute atomic E-state index is 0. The zero-order valence-corrected chi connectivity index (χ0v) is 77.2. The van der Waals surface area contributed by atoms with E-state index in [4.69, 9.17) is 133 Å². The summed E-state index contributed by atoms with van der Waals surface area (Å²) < 4.78 is 177. The van der Waals surface area contributed by atoms with E-state index < -0.39 is 73.5 Å². The van der Waals surface area contributed by atoms with Crippen LogP contribution in [0.1, 0.15) is 159 Å². The quantitative estimate of drug-likeness (QED) is 0.109. The Balaban J connectivity index is -0.000000367. The van der Waals surface area contributed by atoms with E-state index in [-0.39, 0.29) is 105 Å². The van der Waals surface area contributed by atoms with Crippen LogP contribution in [0.15, 0.2) is 97.1 Å². The molecule has 674 valence electrons. The summed E-state index contributed by atoms with van der Waals surface area (Å²) in [6.45, 7) is 23.0. The van der Waals surface area contributed by atoms with Crippen molar-refractivity contribution in [2.24, 2.45) is 61.7 Å². The standard InChI is InChI=1S/2C28H33N5O3S.10C2H3N.2ClHO4.ClO3.ClO2.2Ni/c2*1-27(2)19-13-14-28(27,24(34)15-19)18-37(35,36)33(16-25-29-20-9-5-7-11-22(20)31(25)3)17-26-30-21-10-6-8-12-23(21)32(26)4;10*1-2-3;2*2-1(3,4)5;2-1(3)4;2-1-3;;/h2*5-12,19H,13-18H2,1-4H3;10*1H3;2*(H,2,3,4,5);;;;/q;;;;;;;;;;;;;;2*-1;2*+2/p-2/t2*19-,28-;;;;;;;;;;;;;;;;/m11................/s1. The molecule has 4 aliphatic rings. The Bertz CT molecular complexity index is 4620. The number of sulfonamides is 2. The van der Waals surface area contributed by atoms with Crippen LogP contribution in [0.5, 0.6) is 0 Å². The van der Waals surface area contributed by atoms with Gasteiger partial charge in [-0.2, -0.15) is 61.2 Å². The Morgan fingerprint density at radius 3 is 0.691 bits per heavy atom. The molecule has 0 unspecified atom stereocenters. The van der Waals surface area contributed by atoms with E-state index in [0.29, 0.717) is 49.0 Å². The molecule has 0 saturated heterocycles. The Morgan fingerprint density at radius 1 is 0.407 bits per heavy atom. The van der Waals surface area contributed by atoms with Crippen LogP contribution in [0.3, 0.4) is 0 Å². The number of aryl methyl sites for hydroxylation is 4. The number of nitrogens with zero attached hydrogens (tertiary/aromatic N) is 20. The first-order valence-electron chi connectivity index (χ1n) is 34.9. The average molecular weight is 1920 g/mol. The number of ketones is 2. The molecule has 0 radical (unpaired) electrons. The van der Waals surface area contributed by atoms with E-state index in [2.05, 4.69) is 27.7 Å². The van der Waals surface area contributed by atoms with Crippen molar-refractivity contribution in [3.05, 3.63) is 120 Å². The SMILES string of the molecule is CC#N.CC#N.CC#N.CC#N.CC#N.CC#N.CC#N.CC#N.CC#N.CC#N.Cn1c(CN(Cc2nc3ccccc3n2C)S(=O)(=O)C[C@]23CC[C@H](CC2=O)C3(C)C)nc2ccccc21.Cn1c(CN(Cc2nc3ccccc3n2C)S(=O)(=O)C[C@]23CC[C@H](CC2=O)C3(C)C)nc2ccccc21.[Ni+2].[Ni+2].[O-][Cl+2]([O-])[O-].[O-][Cl+3]([O-])([O-])[O-].[O-][Cl+3]([O-])([O-])[O-].[O-][Cl+][O-]. The number of nitriles is 10. The number of para-hydroxylation sites is 8. The van der Waals surface area contributed by atoms with E-state index in [0.717, 1.165) is 57.0 Å². The van der Waals surface area contributed by atoms with Crippen LogP contribution in [0, 0.1) is 189 Å². The molecule has 4 saturated carbocycles. The van der Waals surface area contributed by atoms with Gasteiger partial charge in [0.1, 0.15) is 34.9 Å². The predicted molar refractivity (Wildman–Crippen MR) is 399 cm³/mol. The third-order valence-electron chi connectivity index (χ3n) is 18.7. The fraction of sp³-hybridized carbons (Fsp3) is 0.474. The summed E-state index contributed by atoms with van der Waals surface area (Å²) in [5, 5.41) is 73.2. The molecule has 4 aromatic carbocycles. The van der Waals surface area contributed by atoms with Crippen LogP contribution in [0.4, 0.5) is 0 Å². The fourth-order valence-electron chi connectivity index (χ4n) is 13.5. The number of carbonyl (C=O) groups is 2. The van der Waals surface area contributed by atoms with Gasteiger partial charge in [-0.3, -0.25) is 9.59 Å². The molecule has 4 aromatic heterocycles. The van der Waals surface area contributed by atoms with Gasteiger partial charge in [0.15, 0.2) is 0 Å². The van der Waals surface area contributed by atoms with Gasteiger partial charge in [0.25, 0.3) is 0 Å². The molecule has 123 heavy (non-hydrogen) atoms. The van der Waals surface area contributed by atoms with Gasteiger partial charge >= 0.3 is 33.0 Å². The van der Waals surface area contributed by atoms with Crippen LogP contribution in [-0.4, -0.2) is 86.7 Å². The Morgan fingerprint density at radius 2 is 0.561 bits per heavy atom. The normalized spacial score (nSPS) is 16.0. The maximum absolute atomic E-state index is 14.3. The summed E-state index contributed by atoms with van der Waals surface area (Å²) >= 11 is -0.417. The van der Waals surface area contributed by atoms with Gasteiger partial charge in [0.05, 0.1) is 165 Å². The molecular weight excluding hydrogens is 1820 g/mol. The van der Waals surface area contributed by atoms with Gasteiger partial charge in [0, 0.05) is 121 Å². The van der Waals surface area contributed by atoms with Gasteiger partial charge < -0.3 is 41.6 Å². The first-order valence-corrected chi connectivity index (χ1v) is 42.2. The Labute approximate surface area is 748 Å². The second kappa shape index (κ2) is 61.7. The van der Waals surface area contributed by atoms with E-state index in [1.807, 2.05) is 144 Å².